The van der Waals surface area contributed by atoms with Gasteiger partial charge in [-0.1, -0.05) is 0 Å². The van der Waals surface area contributed by atoms with Crippen molar-refractivity contribution in [3.8, 4) is 0 Å². The van der Waals surface area contributed by atoms with Gasteiger partial charge in [-0.05, 0) is 39.0 Å². The summed E-state index contributed by atoms with van der Waals surface area (Å²) >= 11 is 0. The molecule has 3 aliphatic rings. The van der Waals surface area contributed by atoms with E-state index in [1.807, 2.05) is 11.8 Å². The van der Waals surface area contributed by atoms with Gasteiger partial charge in [-0.25, -0.2) is 8.42 Å². The molecule has 3 fully saturated rings. The zero-order valence-corrected chi connectivity index (χ0v) is 14.6. The minimum atomic E-state index is -3.01. The third-order valence-corrected chi connectivity index (χ3v) is 7.12. The van der Waals surface area contributed by atoms with Gasteiger partial charge in [-0.3, -0.25) is 9.59 Å². The van der Waals surface area contributed by atoms with Gasteiger partial charge >= 0.3 is 0 Å². The maximum Gasteiger partial charge on any atom is 0.226 e. The molecule has 1 aliphatic carbocycles. The molecule has 1 saturated carbocycles. The molecule has 0 bridgehead atoms. The molecular formula is C16H26N2O4S. The number of likely N-dealkylation sites (tertiary alicyclic amines) is 1. The smallest absolute Gasteiger partial charge is 0.226 e. The Morgan fingerprint density at radius 2 is 1.83 bits per heavy atom. The van der Waals surface area contributed by atoms with Gasteiger partial charge in [0.1, 0.15) is 0 Å². The molecule has 0 spiro atoms. The van der Waals surface area contributed by atoms with Crippen LogP contribution in [0.15, 0.2) is 0 Å². The fourth-order valence-corrected chi connectivity index (χ4v) is 5.65. The van der Waals surface area contributed by atoms with Crippen molar-refractivity contribution in [2.45, 2.75) is 45.1 Å². The van der Waals surface area contributed by atoms with E-state index in [-0.39, 0.29) is 41.2 Å². The Morgan fingerprint density at radius 3 is 2.39 bits per heavy atom. The first-order chi connectivity index (χ1) is 10.9. The third kappa shape index (κ3) is 3.54. The summed E-state index contributed by atoms with van der Waals surface area (Å²) < 4.78 is 23.3. The van der Waals surface area contributed by atoms with Crippen molar-refractivity contribution >= 4 is 21.7 Å². The molecule has 2 aliphatic heterocycles. The maximum atomic E-state index is 12.7. The first kappa shape index (κ1) is 16.7. The van der Waals surface area contributed by atoms with Gasteiger partial charge in [0, 0.05) is 25.7 Å². The van der Waals surface area contributed by atoms with Crippen molar-refractivity contribution in [3.05, 3.63) is 0 Å². The Hall–Kier alpha value is -1.11. The Balaban J connectivity index is 1.59. The molecule has 2 amide bonds. The molecule has 3 unspecified atom stereocenters. The van der Waals surface area contributed by atoms with E-state index in [1.165, 1.54) is 6.42 Å². The molecule has 6 nitrogen and oxygen atoms in total. The van der Waals surface area contributed by atoms with Gasteiger partial charge in [-0.15, -0.1) is 0 Å². The molecule has 3 rings (SSSR count). The van der Waals surface area contributed by atoms with Crippen molar-refractivity contribution in [2.75, 3.05) is 31.1 Å². The van der Waals surface area contributed by atoms with Crippen LogP contribution in [0.4, 0.5) is 0 Å². The van der Waals surface area contributed by atoms with Gasteiger partial charge < -0.3 is 9.80 Å². The Kier molecular flexibility index (Phi) is 4.67. The van der Waals surface area contributed by atoms with Gasteiger partial charge in [0.15, 0.2) is 9.84 Å². The van der Waals surface area contributed by atoms with E-state index in [0.29, 0.717) is 19.4 Å². The van der Waals surface area contributed by atoms with Crippen molar-refractivity contribution in [1.29, 1.82) is 0 Å². The summed E-state index contributed by atoms with van der Waals surface area (Å²) in [5, 5.41) is 0. The standard InChI is InChI=1S/C16H26N2O4S/c1-2-18(12-6-9-23(21,22)11-12)16(20)14-10-13(14)15(19)17-7-4-3-5-8-17/h12-14H,2-11H2,1H3. The molecule has 0 radical (unpaired) electrons. The largest absolute Gasteiger partial charge is 0.342 e. The van der Waals surface area contributed by atoms with Crippen LogP contribution in [0, 0.1) is 11.8 Å². The molecule has 2 heterocycles. The van der Waals surface area contributed by atoms with Crippen LogP contribution in [0.1, 0.15) is 39.0 Å². The Labute approximate surface area is 138 Å². The zero-order valence-electron chi connectivity index (χ0n) is 13.7. The van der Waals surface area contributed by atoms with E-state index >= 15 is 0 Å². The van der Waals surface area contributed by atoms with Gasteiger partial charge in [0.05, 0.1) is 23.3 Å². The lowest BCUT2D eigenvalue weighted by Gasteiger charge is -2.28. The molecule has 7 heteroatoms. The van der Waals surface area contributed by atoms with Crippen LogP contribution in [-0.4, -0.2) is 67.2 Å². The van der Waals surface area contributed by atoms with E-state index in [2.05, 4.69) is 0 Å². The zero-order chi connectivity index (χ0) is 16.6. The molecule has 0 N–H and O–H groups in total. The minimum Gasteiger partial charge on any atom is -0.342 e. The monoisotopic (exact) mass is 342 g/mol. The number of carbonyl (C=O) groups is 2. The molecule has 3 atom stereocenters. The molecule has 0 aromatic heterocycles. The van der Waals surface area contributed by atoms with Crippen molar-refractivity contribution in [3.63, 3.8) is 0 Å². The summed E-state index contributed by atoms with van der Waals surface area (Å²) in [5.74, 6) is -0.0600. The van der Waals surface area contributed by atoms with Gasteiger partial charge in [0.2, 0.25) is 11.8 Å². The highest BCUT2D eigenvalue weighted by Gasteiger charge is 2.52. The summed E-state index contributed by atoms with van der Waals surface area (Å²) in [6.07, 6.45) is 4.44. The fourth-order valence-electron chi connectivity index (χ4n) is 3.92. The SMILES string of the molecule is CCN(C(=O)C1CC1C(=O)N1CCCCC1)C1CCS(=O)(=O)C1. The van der Waals surface area contributed by atoms with Gasteiger partial charge in [-0.2, -0.15) is 0 Å². The van der Waals surface area contributed by atoms with Crippen LogP contribution >= 0.6 is 0 Å². The average molecular weight is 342 g/mol. The maximum absolute atomic E-state index is 12.7. The number of hydrogen-bond acceptors (Lipinski definition) is 4. The fraction of sp³-hybridized carbons (Fsp3) is 0.875. The molecule has 0 aromatic carbocycles. The Bertz CT molecular complexity index is 583. The summed E-state index contributed by atoms with van der Waals surface area (Å²) in [6, 6.07) is -0.205. The van der Waals surface area contributed by atoms with Crippen LogP contribution in [0.2, 0.25) is 0 Å². The lowest BCUT2D eigenvalue weighted by molar-refractivity contribution is -0.139. The number of piperidine rings is 1. The summed E-state index contributed by atoms with van der Waals surface area (Å²) in [5.41, 5.74) is 0. The summed E-state index contributed by atoms with van der Waals surface area (Å²) in [4.78, 5) is 28.8. The number of amides is 2. The molecular weight excluding hydrogens is 316 g/mol. The van der Waals surface area contributed by atoms with Crippen LogP contribution in [0.5, 0.6) is 0 Å². The van der Waals surface area contributed by atoms with E-state index < -0.39 is 9.84 Å². The van der Waals surface area contributed by atoms with Crippen LogP contribution in [0.25, 0.3) is 0 Å². The first-order valence-electron chi connectivity index (χ1n) is 8.72. The number of sulfone groups is 1. The van der Waals surface area contributed by atoms with E-state index in [1.54, 1.807) is 4.90 Å². The molecule has 130 valence electrons. The molecule has 0 aromatic rings. The predicted molar refractivity (Wildman–Crippen MR) is 86.5 cm³/mol. The lowest BCUT2D eigenvalue weighted by atomic mass is 10.1. The summed E-state index contributed by atoms with van der Waals surface area (Å²) in [6.45, 7) is 4.02. The van der Waals surface area contributed by atoms with E-state index in [0.717, 1.165) is 25.9 Å². The number of hydrogen-bond donors (Lipinski definition) is 0. The second kappa shape index (κ2) is 6.42. The number of rotatable bonds is 4. The van der Waals surface area contributed by atoms with Crippen molar-refractivity contribution < 1.29 is 18.0 Å². The topological polar surface area (TPSA) is 74.8 Å². The third-order valence-electron chi connectivity index (χ3n) is 5.37. The second-order valence-electron chi connectivity index (χ2n) is 7.02. The van der Waals surface area contributed by atoms with Gasteiger partial charge in [0.25, 0.3) is 0 Å². The average Bonchev–Trinajstić information content (AvgIpc) is 3.26. The van der Waals surface area contributed by atoms with E-state index in [4.69, 9.17) is 0 Å². The Morgan fingerprint density at radius 1 is 1.13 bits per heavy atom. The normalized spacial score (nSPS) is 32.6. The van der Waals surface area contributed by atoms with Crippen molar-refractivity contribution in [1.82, 2.24) is 9.80 Å². The highest BCUT2D eigenvalue weighted by Crippen LogP contribution is 2.42. The second-order valence-corrected chi connectivity index (χ2v) is 9.24. The van der Waals surface area contributed by atoms with E-state index in [9.17, 15) is 18.0 Å². The highest BCUT2D eigenvalue weighted by molar-refractivity contribution is 7.91. The van der Waals surface area contributed by atoms with Crippen LogP contribution in [0.3, 0.4) is 0 Å². The van der Waals surface area contributed by atoms with Crippen LogP contribution < -0.4 is 0 Å². The first-order valence-corrected chi connectivity index (χ1v) is 10.5. The molecule has 2 saturated heterocycles. The molecule has 23 heavy (non-hydrogen) atoms. The lowest BCUT2D eigenvalue weighted by Crippen LogP contribution is -2.43. The quantitative estimate of drug-likeness (QED) is 0.753. The minimum absolute atomic E-state index is 0.0232. The van der Waals surface area contributed by atoms with Crippen molar-refractivity contribution in [2.24, 2.45) is 11.8 Å². The number of nitrogens with zero attached hydrogens (tertiary/aromatic N) is 2. The highest BCUT2D eigenvalue weighted by atomic mass is 32.2. The predicted octanol–water partition coefficient (Wildman–Crippen LogP) is 0.671. The summed E-state index contributed by atoms with van der Waals surface area (Å²) in [7, 11) is -3.01. The van der Waals surface area contributed by atoms with Crippen LogP contribution in [-0.2, 0) is 19.4 Å². The number of carbonyl (C=O) groups excluding carboxylic acids is 2.